The van der Waals surface area contributed by atoms with E-state index in [-0.39, 0.29) is 10.8 Å². The Morgan fingerprint density at radius 3 is 1.35 bits per heavy atom. The number of fused-ring (bicyclic) bond motifs is 11. The van der Waals surface area contributed by atoms with Gasteiger partial charge in [-0.05, 0) is 107 Å². The third-order valence-electron chi connectivity index (χ3n) is 15.0. The molecule has 13 rings (SSSR count). The Morgan fingerprint density at radius 2 is 0.738 bits per heavy atom. The van der Waals surface area contributed by atoms with E-state index in [1.165, 1.54) is 88.7 Å². The molecule has 0 saturated heterocycles. The summed E-state index contributed by atoms with van der Waals surface area (Å²) < 4.78 is 0. The summed E-state index contributed by atoms with van der Waals surface area (Å²) in [5.74, 6) is 1.97. The summed E-state index contributed by atoms with van der Waals surface area (Å²) in [6, 6.07) is 73.4. The highest BCUT2D eigenvalue weighted by Crippen LogP contribution is 2.57. The van der Waals surface area contributed by atoms with Crippen LogP contribution < -0.4 is 0 Å². The molecule has 0 unspecified atom stereocenters. The van der Waals surface area contributed by atoms with Crippen LogP contribution in [0.5, 0.6) is 0 Å². The number of hydrogen-bond donors (Lipinski definition) is 0. The van der Waals surface area contributed by atoms with Crippen LogP contribution in [0.15, 0.2) is 200 Å². The van der Waals surface area contributed by atoms with Gasteiger partial charge < -0.3 is 0 Å². The summed E-state index contributed by atoms with van der Waals surface area (Å²) in [7, 11) is 0. The molecule has 0 bridgehead atoms. The SMILES string of the molecule is CC1(C)c2ccccc2-c2ccc(-c3nc(-c4ccc5c(c4)C(C)(C)c4ccc6ccccc6c4-5)nc(-c4ccc5c(c4)C(c4ccccc4)(c4ccccc4)c4ccccc4-5)n3)cc21. The molecule has 0 radical (unpaired) electrons. The van der Waals surface area contributed by atoms with Crippen LogP contribution in [-0.2, 0) is 16.2 Å². The molecule has 0 atom stereocenters. The zero-order chi connectivity index (χ0) is 43.7. The van der Waals surface area contributed by atoms with Gasteiger partial charge in [0.05, 0.1) is 5.41 Å². The fourth-order valence-electron chi connectivity index (χ4n) is 11.8. The molecule has 0 N–H and O–H groups in total. The summed E-state index contributed by atoms with van der Waals surface area (Å²) >= 11 is 0. The normalized spacial score (nSPS) is 15.1. The second-order valence-corrected chi connectivity index (χ2v) is 19.1. The maximum atomic E-state index is 5.45. The van der Waals surface area contributed by atoms with E-state index in [2.05, 4.69) is 228 Å². The molecule has 0 amide bonds. The van der Waals surface area contributed by atoms with Gasteiger partial charge in [0.2, 0.25) is 0 Å². The average molecular weight is 832 g/mol. The summed E-state index contributed by atoms with van der Waals surface area (Å²) in [5.41, 5.74) is 19.8. The van der Waals surface area contributed by atoms with E-state index in [0.29, 0.717) is 17.5 Å². The Balaban J connectivity index is 1.03. The molecular weight excluding hydrogens is 787 g/mol. The van der Waals surface area contributed by atoms with E-state index in [1.807, 2.05) is 0 Å². The van der Waals surface area contributed by atoms with Gasteiger partial charge >= 0.3 is 0 Å². The van der Waals surface area contributed by atoms with Crippen molar-refractivity contribution in [2.45, 2.75) is 43.9 Å². The van der Waals surface area contributed by atoms with Crippen LogP contribution in [0.4, 0.5) is 0 Å². The third-order valence-corrected chi connectivity index (χ3v) is 15.0. The number of benzene rings is 9. The molecule has 0 aliphatic heterocycles. The first-order valence-electron chi connectivity index (χ1n) is 22.8. The standard InChI is InChI=1S/C62H45N3/c1-60(2)50-25-15-13-23-45(50)47-31-27-39(35-53(47)60)57-63-58(40-29-33-49-54(36-40)61(3,4)52-34-30-38-17-11-12-22-44(38)56(49)52)65-59(64-57)41-28-32-48-46-24-14-16-26-51(46)62(55(48)37-41,42-18-7-5-8-19-42)43-20-9-6-10-21-43/h5-37H,1-4H3. The first-order valence-corrected chi connectivity index (χ1v) is 22.8. The lowest BCUT2D eigenvalue weighted by Gasteiger charge is -2.34. The molecule has 0 saturated carbocycles. The molecule has 0 fully saturated rings. The molecule has 0 spiro atoms. The number of rotatable bonds is 5. The van der Waals surface area contributed by atoms with Crippen LogP contribution >= 0.6 is 0 Å². The van der Waals surface area contributed by atoms with Crippen molar-refractivity contribution in [2.75, 3.05) is 0 Å². The van der Waals surface area contributed by atoms with Crippen LogP contribution in [0.25, 0.3) is 78.3 Å². The second kappa shape index (κ2) is 13.6. The molecule has 1 heterocycles. The van der Waals surface area contributed by atoms with Crippen molar-refractivity contribution in [3.8, 4) is 67.5 Å². The Hall–Kier alpha value is -7.75. The Bertz CT molecular complexity index is 3560. The van der Waals surface area contributed by atoms with Crippen molar-refractivity contribution in [2.24, 2.45) is 0 Å². The Labute approximate surface area is 380 Å². The predicted molar refractivity (Wildman–Crippen MR) is 266 cm³/mol. The van der Waals surface area contributed by atoms with Crippen molar-refractivity contribution < 1.29 is 0 Å². The lowest BCUT2D eigenvalue weighted by molar-refractivity contribution is 0.660. The monoisotopic (exact) mass is 831 g/mol. The molecule has 65 heavy (non-hydrogen) atoms. The largest absolute Gasteiger partial charge is 0.208 e. The number of hydrogen-bond acceptors (Lipinski definition) is 3. The highest BCUT2D eigenvalue weighted by atomic mass is 15.0. The fourth-order valence-corrected chi connectivity index (χ4v) is 11.8. The van der Waals surface area contributed by atoms with Gasteiger partial charge in [0.25, 0.3) is 0 Å². The zero-order valence-corrected chi connectivity index (χ0v) is 36.9. The molecule has 1 aromatic heterocycles. The lowest BCUT2D eigenvalue weighted by Crippen LogP contribution is -2.28. The van der Waals surface area contributed by atoms with E-state index < -0.39 is 5.41 Å². The van der Waals surface area contributed by atoms with Crippen LogP contribution in [0.1, 0.15) is 72.2 Å². The molecule has 10 aromatic rings. The number of nitrogens with zero attached hydrogens (tertiary/aromatic N) is 3. The van der Waals surface area contributed by atoms with E-state index in [0.717, 1.165) is 16.7 Å². The minimum atomic E-state index is -0.547. The topological polar surface area (TPSA) is 38.7 Å². The van der Waals surface area contributed by atoms with Gasteiger partial charge in [0, 0.05) is 27.5 Å². The van der Waals surface area contributed by atoms with Crippen LogP contribution in [-0.4, -0.2) is 15.0 Å². The number of aromatic nitrogens is 3. The summed E-state index contributed by atoms with van der Waals surface area (Å²) in [4.78, 5) is 16.3. The van der Waals surface area contributed by atoms with Crippen LogP contribution in [0, 0.1) is 0 Å². The maximum Gasteiger partial charge on any atom is 0.164 e. The van der Waals surface area contributed by atoms with Crippen molar-refractivity contribution in [1.29, 1.82) is 0 Å². The van der Waals surface area contributed by atoms with Crippen LogP contribution in [0.2, 0.25) is 0 Å². The highest BCUT2D eigenvalue weighted by molar-refractivity contribution is 6.03. The van der Waals surface area contributed by atoms with Crippen molar-refractivity contribution in [1.82, 2.24) is 15.0 Å². The highest BCUT2D eigenvalue weighted by Gasteiger charge is 2.46. The third kappa shape index (κ3) is 5.27. The predicted octanol–water partition coefficient (Wildman–Crippen LogP) is 15.0. The summed E-state index contributed by atoms with van der Waals surface area (Å²) in [6.07, 6.45) is 0. The molecule has 3 nitrogen and oxygen atoms in total. The zero-order valence-electron chi connectivity index (χ0n) is 36.9. The van der Waals surface area contributed by atoms with E-state index >= 15 is 0 Å². The summed E-state index contributed by atoms with van der Waals surface area (Å²) in [5, 5.41) is 2.55. The van der Waals surface area contributed by atoms with Gasteiger partial charge in [-0.3, -0.25) is 0 Å². The average Bonchev–Trinajstić information content (AvgIpc) is 3.88. The van der Waals surface area contributed by atoms with Crippen molar-refractivity contribution in [3.05, 3.63) is 245 Å². The summed E-state index contributed by atoms with van der Waals surface area (Å²) in [6.45, 7) is 9.35. The van der Waals surface area contributed by atoms with E-state index in [4.69, 9.17) is 15.0 Å². The smallest absolute Gasteiger partial charge is 0.164 e. The molecule has 3 aliphatic carbocycles. The van der Waals surface area contributed by atoms with Gasteiger partial charge in [0.1, 0.15) is 0 Å². The van der Waals surface area contributed by atoms with Gasteiger partial charge in [-0.1, -0.05) is 210 Å². The first-order chi connectivity index (χ1) is 31.7. The lowest BCUT2D eigenvalue weighted by atomic mass is 9.67. The molecule has 3 aliphatic rings. The molecule has 9 aromatic carbocycles. The van der Waals surface area contributed by atoms with Gasteiger partial charge in [-0.2, -0.15) is 0 Å². The maximum absolute atomic E-state index is 5.45. The Morgan fingerprint density at radius 1 is 0.308 bits per heavy atom. The van der Waals surface area contributed by atoms with E-state index in [9.17, 15) is 0 Å². The molecule has 308 valence electrons. The molecule has 3 heteroatoms. The van der Waals surface area contributed by atoms with Gasteiger partial charge in [-0.25, -0.2) is 15.0 Å². The fraction of sp³-hybridized carbons (Fsp3) is 0.113. The first kappa shape index (κ1) is 37.8. The quantitative estimate of drug-likeness (QED) is 0.173. The molecular formula is C62H45N3. The van der Waals surface area contributed by atoms with Gasteiger partial charge in [0.15, 0.2) is 17.5 Å². The minimum Gasteiger partial charge on any atom is -0.208 e. The second-order valence-electron chi connectivity index (χ2n) is 19.1. The van der Waals surface area contributed by atoms with Crippen molar-refractivity contribution in [3.63, 3.8) is 0 Å². The van der Waals surface area contributed by atoms with Gasteiger partial charge in [-0.15, -0.1) is 0 Å². The van der Waals surface area contributed by atoms with Crippen molar-refractivity contribution >= 4 is 10.8 Å². The Kier molecular flexibility index (Phi) is 7.92. The van der Waals surface area contributed by atoms with Crippen LogP contribution in [0.3, 0.4) is 0 Å². The minimum absolute atomic E-state index is 0.168. The van der Waals surface area contributed by atoms with E-state index in [1.54, 1.807) is 0 Å².